The molecule has 5 heteroatoms. The summed E-state index contributed by atoms with van der Waals surface area (Å²) in [5.74, 6) is -0.114. The van der Waals surface area contributed by atoms with E-state index in [1.54, 1.807) is 6.07 Å². The molecule has 0 aliphatic rings. The maximum absolute atomic E-state index is 11.9. The van der Waals surface area contributed by atoms with Crippen LogP contribution >= 0.6 is 0 Å². The molecule has 0 radical (unpaired) electrons. The van der Waals surface area contributed by atoms with Crippen molar-refractivity contribution in [3.63, 3.8) is 0 Å². The lowest BCUT2D eigenvalue weighted by atomic mass is 10.1. The molecule has 0 N–H and O–H groups in total. The molecule has 1 heterocycles. The van der Waals surface area contributed by atoms with Crippen molar-refractivity contribution in [2.24, 2.45) is 0 Å². The lowest BCUT2D eigenvalue weighted by Crippen LogP contribution is -2.27. The van der Waals surface area contributed by atoms with E-state index in [1.807, 2.05) is 13.0 Å². The Morgan fingerprint density at radius 1 is 1.28 bits per heavy atom. The number of methoxy groups -OCH3 is 2. The number of nitrogens with zero attached hydrogens (tertiary/aromatic N) is 1. The largest absolute Gasteiger partial charge is 0.618 e. The number of benzene rings is 1. The normalized spacial score (nSPS) is 10.4. The standard InChI is InChI=1S/C13H13NO4/c1-8-4-9-5-10(13(15)18-3)6-11(17-2)12(9)14(16)7-8/h4-7H,1-3H3. The van der Waals surface area contributed by atoms with Crippen LogP contribution in [0.25, 0.3) is 10.9 Å². The highest BCUT2D eigenvalue weighted by molar-refractivity contribution is 5.96. The number of esters is 1. The summed E-state index contributed by atoms with van der Waals surface area (Å²) in [6.07, 6.45) is 1.46. The molecular weight excluding hydrogens is 234 g/mol. The molecule has 0 aliphatic heterocycles. The molecule has 2 rings (SSSR count). The number of pyridine rings is 1. The van der Waals surface area contributed by atoms with Crippen molar-refractivity contribution in [1.29, 1.82) is 0 Å². The Bertz CT molecular complexity index is 622. The van der Waals surface area contributed by atoms with Gasteiger partial charge >= 0.3 is 5.97 Å². The molecule has 0 saturated carbocycles. The topological polar surface area (TPSA) is 62.5 Å². The summed E-state index contributed by atoms with van der Waals surface area (Å²) in [4.78, 5) is 11.5. The third-order valence-electron chi connectivity index (χ3n) is 2.67. The zero-order valence-electron chi connectivity index (χ0n) is 10.4. The van der Waals surface area contributed by atoms with Crippen LogP contribution in [0.3, 0.4) is 0 Å². The zero-order chi connectivity index (χ0) is 13.3. The predicted molar refractivity (Wildman–Crippen MR) is 65.5 cm³/mol. The second-order valence-corrected chi connectivity index (χ2v) is 3.95. The first-order chi connectivity index (χ1) is 8.56. The number of carbonyl (C=O) groups is 1. The molecule has 1 aromatic carbocycles. The van der Waals surface area contributed by atoms with Crippen LogP contribution in [-0.4, -0.2) is 20.2 Å². The minimum absolute atomic E-state index is 0.350. The number of hydrogen-bond donors (Lipinski definition) is 0. The van der Waals surface area contributed by atoms with Crippen molar-refractivity contribution in [2.45, 2.75) is 6.92 Å². The first-order valence-electron chi connectivity index (χ1n) is 5.36. The van der Waals surface area contributed by atoms with Gasteiger partial charge in [0.25, 0.3) is 5.52 Å². The van der Waals surface area contributed by atoms with Gasteiger partial charge in [-0.1, -0.05) is 0 Å². The molecule has 0 aliphatic carbocycles. The van der Waals surface area contributed by atoms with Gasteiger partial charge in [0, 0.05) is 11.6 Å². The van der Waals surface area contributed by atoms with Crippen LogP contribution in [0, 0.1) is 12.1 Å². The van der Waals surface area contributed by atoms with Crippen molar-refractivity contribution in [3.05, 3.63) is 40.7 Å². The molecule has 94 valence electrons. The van der Waals surface area contributed by atoms with Crippen LogP contribution in [0.5, 0.6) is 5.75 Å². The summed E-state index contributed by atoms with van der Waals surface area (Å²) >= 11 is 0. The highest BCUT2D eigenvalue weighted by atomic mass is 16.5. The zero-order valence-corrected chi connectivity index (χ0v) is 10.4. The van der Waals surface area contributed by atoms with Crippen molar-refractivity contribution in [1.82, 2.24) is 0 Å². The fourth-order valence-corrected chi connectivity index (χ4v) is 1.90. The van der Waals surface area contributed by atoms with E-state index in [0.717, 1.165) is 10.3 Å². The summed E-state index contributed by atoms with van der Waals surface area (Å²) in [5.41, 5.74) is 1.56. The van der Waals surface area contributed by atoms with Gasteiger partial charge in [0.05, 0.1) is 25.2 Å². The number of aryl methyl sites for hydroxylation is 1. The number of rotatable bonds is 2. The lowest BCUT2D eigenvalue weighted by molar-refractivity contribution is -0.577. The second kappa shape index (κ2) is 4.52. The van der Waals surface area contributed by atoms with Crippen LogP contribution in [0.1, 0.15) is 15.9 Å². The minimum Gasteiger partial charge on any atom is -0.618 e. The third kappa shape index (κ3) is 1.95. The van der Waals surface area contributed by atoms with E-state index in [4.69, 9.17) is 4.74 Å². The van der Waals surface area contributed by atoms with Crippen LogP contribution in [0.15, 0.2) is 24.4 Å². The quantitative estimate of drug-likeness (QED) is 0.459. The molecule has 18 heavy (non-hydrogen) atoms. The van der Waals surface area contributed by atoms with E-state index in [-0.39, 0.29) is 0 Å². The molecule has 2 aromatic rings. The first kappa shape index (κ1) is 12.2. The Hall–Kier alpha value is -2.30. The van der Waals surface area contributed by atoms with Crippen molar-refractivity contribution in [3.8, 4) is 5.75 Å². The fourth-order valence-electron chi connectivity index (χ4n) is 1.90. The van der Waals surface area contributed by atoms with Gasteiger partial charge in [0.2, 0.25) is 0 Å². The van der Waals surface area contributed by atoms with E-state index < -0.39 is 5.97 Å². The Labute approximate surface area is 104 Å². The van der Waals surface area contributed by atoms with Gasteiger partial charge in [0.15, 0.2) is 11.9 Å². The summed E-state index contributed by atoms with van der Waals surface area (Å²) in [6, 6.07) is 4.93. The summed E-state index contributed by atoms with van der Waals surface area (Å²) in [5, 5.41) is 12.5. The Morgan fingerprint density at radius 3 is 2.61 bits per heavy atom. The smallest absolute Gasteiger partial charge is 0.338 e. The van der Waals surface area contributed by atoms with Gasteiger partial charge in [-0.25, -0.2) is 4.79 Å². The van der Waals surface area contributed by atoms with Crippen LogP contribution in [-0.2, 0) is 4.74 Å². The maximum Gasteiger partial charge on any atom is 0.338 e. The van der Waals surface area contributed by atoms with Crippen LogP contribution in [0.2, 0.25) is 0 Å². The molecule has 0 amide bonds. The maximum atomic E-state index is 11.9. The molecule has 1 aromatic heterocycles. The van der Waals surface area contributed by atoms with Gasteiger partial charge < -0.3 is 14.7 Å². The van der Waals surface area contributed by atoms with Gasteiger partial charge in [-0.3, -0.25) is 0 Å². The molecule has 5 nitrogen and oxygen atoms in total. The number of carbonyl (C=O) groups excluding carboxylic acids is 1. The number of hydrogen-bond acceptors (Lipinski definition) is 4. The minimum atomic E-state index is -0.464. The highest BCUT2D eigenvalue weighted by Gasteiger charge is 2.17. The molecule has 0 unspecified atom stereocenters. The Morgan fingerprint density at radius 2 is 2.00 bits per heavy atom. The summed E-state index contributed by atoms with van der Waals surface area (Å²) in [7, 11) is 2.76. The average Bonchev–Trinajstić information content (AvgIpc) is 2.35. The SMILES string of the molecule is COC(=O)c1cc(OC)c2c(cc(C)c[n+]2[O-])c1. The van der Waals surface area contributed by atoms with Crippen molar-refractivity contribution in [2.75, 3.05) is 14.2 Å². The predicted octanol–water partition coefficient (Wildman–Crippen LogP) is 1.58. The van der Waals surface area contributed by atoms with Crippen molar-refractivity contribution >= 4 is 16.9 Å². The number of ether oxygens (including phenoxy) is 2. The molecule has 0 spiro atoms. The molecule has 0 saturated heterocycles. The van der Waals surface area contributed by atoms with Crippen LogP contribution in [0.4, 0.5) is 0 Å². The van der Waals surface area contributed by atoms with E-state index >= 15 is 0 Å². The first-order valence-corrected chi connectivity index (χ1v) is 5.36. The van der Waals surface area contributed by atoms with Gasteiger partial charge in [-0.15, -0.1) is 0 Å². The third-order valence-corrected chi connectivity index (χ3v) is 2.67. The molecular formula is C13H13NO4. The Balaban J connectivity index is 2.79. The Kier molecular flexibility index (Phi) is 3.06. The molecule has 0 bridgehead atoms. The van der Waals surface area contributed by atoms with Gasteiger partial charge in [-0.2, -0.15) is 4.73 Å². The van der Waals surface area contributed by atoms with Gasteiger partial charge in [-0.05, 0) is 19.1 Å². The highest BCUT2D eigenvalue weighted by Crippen LogP contribution is 2.25. The summed E-state index contributed by atoms with van der Waals surface area (Å²) in [6.45, 7) is 1.81. The van der Waals surface area contributed by atoms with Crippen molar-refractivity contribution < 1.29 is 19.0 Å². The average molecular weight is 247 g/mol. The van der Waals surface area contributed by atoms with E-state index in [9.17, 15) is 10.0 Å². The lowest BCUT2D eigenvalue weighted by Gasteiger charge is -2.09. The van der Waals surface area contributed by atoms with E-state index in [0.29, 0.717) is 22.2 Å². The fraction of sp³-hybridized carbons (Fsp3) is 0.231. The second-order valence-electron chi connectivity index (χ2n) is 3.95. The summed E-state index contributed by atoms with van der Waals surface area (Å²) < 4.78 is 10.6. The van der Waals surface area contributed by atoms with E-state index in [2.05, 4.69) is 4.74 Å². The number of fused-ring (bicyclic) bond motifs is 1. The number of aromatic nitrogens is 1. The molecule has 0 fully saturated rings. The van der Waals surface area contributed by atoms with E-state index in [1.165, 1.54) is 26.5 Å². The monoisotopic (exact) mass is 247 g/mol. The molecule has 0 atom stereocenters. The van der Waals surface area contributed by atoms with Crippen LogP contribution < -0.4 is 9.47 Å². The van der Waals surface area contributed by atoms with Gasteiger partial charge in [0.1, 0.15) is 0 Å².